The summed E-state index contributed by atoms with van der Waals surface area (Å²) in [4.78, 5) is 61.2. The number of β-lactam (4-membered cyclic amide) rings is 1. The summed E-state index contributed by atoms with van der Waals surface area (Å²) in [7, 11) is 0. The van der Waals surface area contributed by atoms with Gasteiger partial charge >= 0.3 is 11.9 Å². The van der Waals surface area contributed by atoms with Crippen molar-refractivity contribution in [1.82, 2.24) is 20.2 Å². The number of nitrogens with zero attached hydrogens (tertiary/aromatic N) is 4. The van der Waals surface area contributed by atoms with E-state index in [9.17, 15) is 24.4 Å². The van der Waals surface area contributed by atoms with Crippen molar-refractivity contribution in [2.75, 3.05) is 11.5 Å². The molecule has 1 unspecified atom stereocenters. The predicted octanol–water partition coefficient (Wildman–Crippen LogP) is 2.53. The predicted molar refractivity (Wildman–Crippen MR) is 156 cm³/mol. The Hall–Kier alpha value is -4.24. The van der Waals surface area contributed by atoms with Crippen LogP contribution in [0.2, 0.25) is 0 Å². The van der Waals surface area contributed by atoms with Gasteiger partial charge in [-0.25, -0.2) is 9.78 Å². The molecule has 4 rings (SSSR count). The highest BCUT2D eigenvalue weighted by Crippen LogP contribution is 2.41. The summed E-state index contributed by atoms with van der Waals surface area (Å²) in [6, 6.07) is 2.57. The van der Waals surface area contributed by atoms with Gasteiger partial charge in [0.15, 0.2) is 10.8 Å². The highest BCUT2D eigenvalue weighted by molar-refractivity contribution is 8.00. The number of rotatable bonds is 9. The van der Waals surface area contributed by atoms with Crippen LogP contribution in [-0.2, 0) is 28.7 Å². The zero-order chi connectivity index (χ0) is 30.6. The van der Waals surface area contributed by atoms with E-state index in [0.29, 0.717) is 11.3 Å². The summed E-state index contributed by atoms with van der Waals surface area (Å²) in [5.74, 6) is -2.51. The first kappa shape index (κ1) is 30.7. The molecule has 222 valence electrons. The zero-order valence-electron chi connectivity index (χ0n) is 23.3. The Morgan fingerprint density at radius 1 is 1.31 bits per heavy atom. The molecule has 0 radical (unpaired) electrons. The van der Waals surface area contributed by atoms with Crippen LogP contribution in [0.25, 0.3) is 6.08 Å². The number of carbonyl (C=O) groups is 4. The lowest BCUT2D eigenvalue weighted by atomic mass is 9.92. The molecule has 2 aliphatic heterocycles. The molecule has 0 saturated carbocycles. The highest BCUT2D eigenvalue weighted by Gasteiger charge is 2.54. The largest absolute Gasteiger partial charge is 0.425 e. The molecule has 0 aromatic carbocycles. The molecule has 42 heavy (non-hydrogen) atoms. The minimum atomic E-state index is -1.21. The Kier molecular flexibility index (Phi) is 9.31. The maximum Gasteiger partial charge on any atom is 0.358 e. The summed E-state index contributed by atoms with van der Waals surface area (Å²) in [6.45, 7) is 7.05. The zero-order valence-corrected chi connectivity index (χ0v) is 24.9. The fraction of sp³-hybridized carbons (Fsp3) is 0.370. The van der Waals surface area contributed by atoms with E-state index in [0.717, 1.165) is 16.9 Å². The first-order chi connectivity index (χ1) is 19.9. The van der Waals surface area contributed by atoms with Crippen molar-refractivity contribution in [1.29, 1.82) is 0 Å². The van der Waals surface area contributed by atoms with Crippen molar-refractivity contribution >= 4 is 63.8 Å². The monoisotopic (exact) mass is 614 g/mol. The molecular weight excluding hydrogens is 584 g/mol. The van der Waals surface area contributed by atoms with Gasteiger partial charge in [-0.15, -0.1) is 23.1 Å². The third-order valence-electron chi connectivity index (χ3n) is 5.96. The van der Waals surface area contributed by atoms with E-state index in [1.54, 1.807) is 30.6 Å². The summed E-state index contributed by atoms with van der Waals surface area (Å²) in [6.07, 6.45) is 5.62. The second-order valence-electron chi connectivity index (χ2n) is 10.6. The molecular formula is C27H30N6O7S2. The van der Waals surface area contributed by atoms with E-state index < -0.39 is 47.2 Å². The van der Waals surface area contributed by atoms with E-state index in [1.807, 2.05) is 26.8 Å². The first-order valence-corrected chi connectivity index (χ1v) is 14.7. The van der Waals surface area contributed by atoms with Crippen LogP contribution in [0.15, 0.2) is 52.4 Å². The number of pyridine rings is 1. The number of hydrogen-bond acceptors (Lipinski definition) is 13. The number of esters is 2. The van der Waals surface area contributed by atoms with Crippen LogP contribution < -0.4 is 11.1 Å². The normalized spacial score (nSPS) is 19.7. The number of nitrogens with two attached hydrogens (primary N) is 1. The lowest BCUT2D eigenvalue weighted by Gasteiger charge is -2.49. The molecule has 2 aliphatic rings. The van der Waals surface area contributed by atoms with E-state index in [1.165, 1.54) is 29.0 Å². The van der Waals surface area contributed by atoms with Gasteiger partial charge in [0.2, 0.25) is 6.29 Å². The van der Waals surface area contributed by atoms with Gasteiger partial charge in [0.25, 0.3) is 11.8 Å². The van der Waals surface area contributed by atoms with E-state index in [4.69, 9.17) is 15.2 Å². The van der Waals surface area contributed by atoms with Gasteiger partial charge in [-0.2, -0.15) is 0 Å². The van der Waals surface area contributed by atoms with Crippen molar-refractivity contribution in [3.8, 4) is 0 Å². The number of hydrogen-bond donors (Lipinski definition) is 3. The number of nitrogen functional groups attached to an aromatic ring is 1. The number of carbonyl (C=O) groups excluding carboxylic acids is 4. The van der Waals surface area contributed by atoms with Gasteiger partial charge in [-0.1, -0.05) is 44.1 Å². The number of aromatic nitrogens is 2. The SMILES string of the molecule is CC(OC(=O)CC(C)(C)C)OC(=O)C1=C(/C=C\c2cccnc2)CS[C@H]2[C@H](NC(=O)C(=NO)c3csc(N)n3)C(=O)N12. The molecule has 2 amide bonds. The molecule has 1 fully saturated rings. The molecule has 13 nitrogen and oxygen atoms in total. The van der Waals surface area contributed by atoms with E-state index in [2.05, 4.69) is 20.4 Å². The van der Waals surface area contributed by atoms with Gasteiger partial charge in [0, 0.05) is 30.5 Å². The Morgan fingerprint density at radius 2 is 2.07 bits per heavy atom. The van der Waals surface area contributed by atoms with Gasteiger partial charge in [-0.3, -0.25) is 24.3 Å². The molecule has 0 bridgehead atoms. The Labute approximate surface area is 249 Å². The molecule has 15 heteroatoms. The molecule has 3 atom stereocenters. The van der Waals surface area contributed by atoms with Gasteiger partial charge in [0.1, 0.15) is 22.8 Å². The number of allylic oxidation sites excluding steroid dienone is 1. The fourth-order valence-electron chi connectivity index (χ4n) is 4.14. The van der Waals surface area contributed by atoms with Crippen LogP contribution in [0.1, 0.15) is 45.4 Å². The van der Waals surface area contributed by atoms with Crippen LogP contribution in [-0.4, -0.2) is 73.0 Å². The maximum atomic E-state index is 13.4. The van der Waals surface area contributed by atoms with Crippen molar-refractivity contribution < 1.29 is 33.9 Å². The second-order valence-corrected chi connectivity index (χ2v) is 12.6. The Bertz CT molecular complexity index is 1460. The average Bonchev–Trinajstić information content (AvgIpc) is 3.35. The lowest BCUT2D eigenvalue weighted by Crippen LogP contribution is -2.71. The number of thioether (sulfide) groups is 1. The molecule has 4 N–H and O–H groups in total. The lowest BCUT2D eigenvalue weighted by molar-refractivity contribution is -0.185. The van der Waals surface area contributed by atoms with Crippen LogP contribution in [0.3, 0.4) is 0 Å². The van der Waals surface area contributed by atoms with E-state index in [-0.39, 0.29) is 28.4 Å². The van der Waals surface area contributed by atoms with Gasteiger partial charge in [0.05, 0.1) is 6.42 Å². The number of oxime groups is 1. The van der Waals surface area contributed by atoms with E-state index >= 15 is 0 Å². The molecule has 0 spiro atoms. The molecule has 2 aromatic rings. The first-order valence-electron chi connectivity index (χ1n) is 12.8. The Balaban J connectivity index is 1.55. The number of thiazole rings is 1. The highest BCUT2D eigenvalue weighted by atomic mass is 32.2. The smallest absolute Gasteiger partial charge is 0.358 e. The summed E-state index contributed by atoms with van der Waals surface area (Å²) >= 11 is 2.38. The minimum absolute atomic E-state index is 0.0311. The number of nitrogens with one attached hydrogen (secondary N) is 1. The quantitative estimate of drug-likeness (QED) is 0.0941. The maximum absolute atomic E-state index is 13.4. The van der Waals surface area contributed by atoms with Crippen LogP contribution in [0.5, 0.6) is 0 Å². The summed E-state index contributed by atoms with van der Waals surface area (Å²) in [5, 5.41) is 15.9. The van der Waals surface area contributed by atoms with Crippen LogP contribution in [0.4, 0.5) is 5.13 Å². The number of anilines is 1. The van der Waals surface area contributed by atoms with Gasteiger partial charge < -0.3 is 25.7 Å². The summed E-state index contributed by atoms with van der Waals surface area (Å²) in [5.41, 5.74) is 6.17. The van der Waals surface area contributed by atoms with Crippen molar-refractivity contribution in [3.05, 3.63) is 58.5 Å². The van der Waals surface area contributed by atoms with Crippen LogP contribution in [0, 0.1) is 5.41 Å². The summed E-state index contributed by atoms with van der Waals surface area (Å²) < 4.78 is 10.7. The number of ether oxygens (including phenoxy) is 2. The second kappa shape index (κ2) is 12.7. The topological polar surface area (TPSA) is 186 Å². The van der Waals surface area contributed by atoms with Crippen molar-refractivity contribution in [2.24, 2.45) is 10.6 Å². The third-order valence-corrected chi connectivity index (χ3v) is 7.94. The Morgan fingerprint density at radius 3 is 2.69 bits per heavy atom. The average molecular weight is 615 g/mol. The molecule has 1 saturated heterocycles. The fourth-order valence-corrected chi connectivity index (χ4v) is 6.01. The van der Waals surface area contributed by atoms with Crippen molar-refractivity contribution in [2.45, 2.75) is 51.8 Å². The number of amides is 2. The molecule has 0 aliphatic carbocycles. The van der Waals surface area contributed by atoms with Gasteiger partial charge in [-0.05, 0) is 22.6 Å². The minimum Gasteiger partial charge on any atom is -0.425 e. The third kappa shape index (κ3) is 7.15. The standard InChI is InChI=1S/C27H30N6O7S2/c1-14(39-18(34)10-27(2,3)4)40-25(37)21-16(8-7-15-6-5-9-29-11-15)12-41-24-20(23(36)33(21)24)31-22(35)19(32-38)17-13-42-26(28)30-17/h5-9,11,13-14,20,24,38H,10,12H2,1-4H3,(H2,28,30)(H,31,35)/b8-7-,32-19?/t14?,20-,24+/m1/s1. The van der Waals surface area contributed by atoms with Crippen molar-refractivity contribution in [3.63, 3.8) is 0 Å². The molecule has 2 aromatic heterocycles. The van der Waals surface area contributed by atoms with Crippen LogP contribution >= 0.6 is 23.1 Å². The molecule has 4 heterocycles. The number of fused-ring (bicyclic) bond motifs is 1.